The first-order valence-corrected chi connectivity index (χ1v) is 12.6. The molecular weight excluding hydrogens is 438 g/mol. The minimum Gasteiger partial charge on any atom is -0.466 e. The van der Waals surface area contributed by atoms with Gasteiger partial charge in [-0.25, -0.2) is 0 Å². The number of carbonyl (C=O) groups is 2. The quantitative estimate of drug-likeness (QED) is 0.416. The number of carbonyl (C=O) groups excluding carboxylic acids is 2. The first kappa shape index (κ1) is 22.0. The van der Waals surface area contributed by atoms with Gasteiger partial charge < -0.3 is 14.6 Å². The Kier molecular flexibility index (Phi) is 6.14. The van der Waals surface area contributed by atoms with E-state index >= 15 is 0 Å². The van der Waals surface area contributed by atoms with Gasteiger partial charge in [-0.3, -0.25) is 14.2 Å². The molecule has 1 amide bonds. The number of H-pyrrole nitrogens is 1. The van der Waals surface area contributed by atoms with Gasteiger partial charge in [0.25, 0.3) is 0 Å². The molecule has 2 fully saturated rings. The summed E-state index contributed by atoms with van der Waals surface area (Å²) < 4.78 is 7.34. The number of rotatable bonds is 7. The van der Waals surface area contributed by atoms with Crippen molar-refractivity contribution in [3.05, 3.63) is 30.5 Å². The molecule has 8 nitrogen and oxygen atoms in total. The van der Waals surface area contributed by atoms with Crippen molar-refractivity contribution in [1.29, 1.82) is 0 Å². The lowest BCUT2D eigenvalue weighted by Gasteiger charge is -2.32. The predicted molar refractivity (Wildman–Crippen MR) is 127 cm³/mol. The van der Waals surface area contributed by atoms with Crippen molar-refractivity contribution < 1.29 is 14.3 Å². The molecule has 5 rings (SSSR count). The second-order valence-electron chi connectivity index (χ2n) is 8.77. The highest BCUT2D eigenvalue weighted by Crippen LogP contribution is 2.43. The number of esters is 1. The Morgan fingerprint density at radius 2 is 1.94 bits per heavy atom. The summed E-state index contributed by atoms with van der Waals surface area (Å²) in [6.07, 6.45) is 5.51. The molecule has 0 radical (unpaired) electrons. The van der Waals surface area contributed by atoms with Crippen LogP contribution in [-0.4, -0.2) is 61.5 Å². The first-order valence-electron chi connectivity index (χ1n) is 11.7. The van der Waals surface area contributed by atoms with Gasteiger partial charge in [0.05, 0.1) is 17.8 Å². The Labute approximate surface area is 197 Å². The van der Waals surface area contributed by atoms with Crippen LogP contribution < -0.4 is 0 Å². The molecule has 1 aliphatic heterocycles. The van der Waals surface area contributed by atoms with Crippen molar-refractivity contribution in [3.8, 4) is 11.4 Å². The molecule has 1 saturated heterocycles. The molecule has 174 valence electrons. The Balaban J connectivity index is 1.30. The van der Waals surface area contributed by atoms with Gasteiger partial charge in [0.1, 0.15) is 0 Å². The van der Waals surface area contributed by atoms with E-state index in [1.165, 1.54) is 11.8 Å². The fourth-order valence-corrected chi connectivity index (χ4v) is 5.52. The highest BCUT2D eigenvalue weighted by atomic mass is 32.2. The summed E-state index contributed by atoms with van der Waals surface area (Å²) >= 11 is 1.48. The number of hydrogen-bond donors (Lipinski definition) is 1. The van der Waals surface area contributed by atoms with Crippen molar-refractivity contribution in [2.75, 3.05) is 19.7 Å². The van der Waals surface area contributed by atoms with Gasteiger partial charge in [-0.05, 0) is 45.6 Å². The number of nitrogens with one attached hydrogen (secondary N) is 1. The van der Waals surface area contributed by atoms with Crippen LogP contribution in [0.4, 0.5) is 0 Å². The molecule has 9 heteroatoms. The number of aromatic amines is 1. The molecule has 33 heavy (non-hydrogen) atoms. The lowest BCUT2D eigenvalue weighted by Crippen LogP contribution is -2.43. The van der Waals surface area contributed by atoms with Crippen LogP contribution >= 0.6 is 11.8 Å². The summed E-state index contributed by atoms with van der Waals surface area (Å²) in [5.74, 6) is 0.691. The highest BCUT2D eigenvalue weighted by Gasteiger charge is 2.34. The van der Waals surface area contributed by atoms with Gasteiger partial charge in [-0.15, -0.1) is 10.2 Å². The topological polar surface area (TPSA) is 93.1 Å². The number of aromatic nitrogens is 4. The molecule has 1 saturated carbocycles. The third-order valence-corrected chi connectivity index (χ3v) is 7.51. The number of fused-ring (bicyclic) bond motifs is 1. The number of thioether (sulfide) groups is 1. The standard InChI is InChI=1S/C24H29N5O3S/c1-3-32-23(31)16-10-12-28(13-11-16)22(30)15(2)33-24-27-26-21(29(24)17-8-9-17)19-14-25-20-7-5-4-6-18(19)20/h4-7,14-17,25H,3,8-13H2,1-2H3. The molecule has 3 heterocycles. The Morgan fingerprint density at radius 1 is 1.18 bits per heavy atom. The lowest BCUT2D eigenvalue weighted by molar-refractivity contribution is -0.151. The molecule has 1 unspecified atom stereocenters. The Bertz CT molecular complexity index is 1160. The third kappa shape index (κ3) is 4.38. The molecule has 0 spiro atoms. The van der Waals surface area contributed by atoms with Crippen molar-refractivity contribution >= 4 is 34.5 Å². The van der Waals surface area contributed by atoms with Crippen LogP contribution in [0.25, 0.3) is 22.3 Å². The molecule has 0 bridgehead atoms. The zero-order chi connectivity index (χ0) is 22.9. The zero-order valence-electron chi connectivity index (χ0n) is 19.0. The summed E-state index contributed by atoms with van der Waals surface area (Å²) in [7, 11) is 0. The van der Waals surface area contributed by atoms with Gasteiger partial charge in [0, 0.05) is 41.8 Å². The normalized spacial score (nSPS) is 17.9. The van der Waals surface area contributed by atoms with Crippen molar-refractivity contribution in [1.82, 2.24) is 24.6 Å². The van der Waals surface area contributed by atoms with Crippen LogP contribution in [-0.2, 0) is 14.3 Å². The summed E-state index contributed by atoms with van der Waals surface area (Å²) in [6, 6.07) is 8.57. The molecule has 1 aromatic carbocycles. The first-order chi connectivity index (χ1) is 16.1. The van der Waals surface area contributed by atoms with Crippen LogP contribution in [0.3, 0.4) is 0 Å². The van der Waals surface area contributed by atoms with E-state index in [9.17, 15) is 9.59 Å². The maximum Gasteiger partial charge on any atom is 0.309 e. The van der Waals surface area contributed by atoms with Gasteiger partial charge in [0.2, 0.25) is 5.91 Å². The minimum absolute atomic E-state index is 0.0845. The molecule has 1 atom stereocenters. The van der Waals surface area contributed by atoms with Gasteiger partial charge in [0.15, 0.2) is 11.0 Å². The summed E-state index contributed by atoms with van der Waals surface area (Å²) in [5, 5.41) is 10.7. The predicted octanol–water partition coefficient (Wildman–Crippen LogP) is 4.04. The Hall–Kier alpha value is -2.81. The van der Waals surface area contributed by atoms with Gasteiger partial charge >= 0.3 is 5.97 Å². The minimum atomic E-state index is -0.276. The smallest absolute Gasteiger partial charge is 0.309 e. The molecule has 1 aliphatic carbocycles. The second-order valence-corrected chi connectivity index (χ2v) is 10.1. The molecule has 2 aliphatic rings. The van der Waals surface area contributed by atoms with Crippen molar-refractivity contribution in [2.24, 2.45) is 5.92 Å². The van der Waals surface area contributed by atoms with Crippen LogP contribution in [0.1, 0.15) is 45.6 Å². The highest BCUT2D eigenvalue weighted by molar-refractivity contribution is 8.00. The fourth-order valence-electron chi connectivity index (χ4n) is 4.52. The number of piperidine rings is 1. The SMILES string of the molecule is CCOC(=O)C1CCN(C(=O)C(C)Sc2nnc(-c3c[nH]c4ccccc34)n2C2CC2)CC1. The van der Waals surface area contributed by atoms with E-state index in [1.54, 1.807) is 0 Å². The van der Waals surface area contributed by atoms with Crippen molar-refractivity contribution in [2.45, 2.75) is 56.0 Å². The monoisotopic (exact) mass is 467 g/mol. The summed E-state index contributed by atoms with van der Waals surface area (Å²) in [4.78, 5) is 30.3. The molecular formula is C24H29N5O3S. The molecule has 3 aromatic rings. The number of benzene rings is 1. The second kappa shape index (κ2) is 9.21. The number of amides is 1. The van der Waals surface area contributed by atoms with E-state index < -0.39 is 0 Å². The van der Waals surface area contributed by atoms with E-state index in [0.717, 1.165) is 40.3 Å². The van der Waals surface area contributed by atoms with Gasteiger partial charge in [-0.1, -0.05) is 30.0 Å². The number of ether oxygens (including phenoxy) is 1. The average Bonchev–Trinajstić information content (AvgIpc) is 3.45. The summed E-state index contributed by atoms with van der Waals surface area (Å²) in [6.45, 7) is 5.32. The zero-order valence-corrected chi connectivity index (χ0v) is 19.8. The van der Waals surface area contributed by atoms with E-state index in [2.05, 4.69) is 31.9 Å². The maximum atomic E-state index is 13.1. The van der Waals surface area contributed by atoms with E-state index in [1.807, 2.05) is 37.1 Å². The average molecular weight is 468 g/mol. The van der Waals surface area contributed by atoms with E-state index in [4.69, 9.17) is 4.74 Å². The molecule has 1 N–H and O–H groups in total. The number of nitrogens with zero attached hydrogens (tertiary/aromatic N) is 4. The number of hydrogen-bond acceptors (Lipinski definition) is 6. The Morgan fingerprint density at radius 3 is 2.67 bits per heavy atom. The summed E-state index contributed by atoms with van der Waals surface area (Å²) in [5.41, 5.74) is 2.11. The van der Waals surface area contributed by atoms with Crippen LogP contribution in [0.15, 0.2) is 35.6 Å². The van der Waals surface area contributed by atoms with E-state index in [0.29, 0.717) is 38.6 Å². The van der Waals surface area contributed by atoms with Crippen LogP contribution in [0.5, 0.6) is 0 Å². The maximum absolute atomic E-state index is 13.1. The third-order valence-electron chi connectivity index (χ3n) is 6.46. The van der Waals surface area contributed by atoms with Crippen molar-refractivity contribution in [3.63, 3.8) is 0 Å². The molecule has 2 aromatic heterocycles. The lowest BCUT2D eigenvalue weighted by atomic mass is 9.97. The fraction of sp³-hybridized carbons (Fsp3) is 0.500. The van der Waals surface area contributed by atoms with Gasteiger partial charge in [-0.2, -0.15) is 0 Å². The van der Waals surface area contributed by atoms with E-state index in [-0.39, 0.29) is 23.0 Å². The van der Waals surface area contributed by atoms with Crippen LogP contribution in [0, 0.1) is 5.92 Å². The largest absolute Gasteiger partial charge is 0.466 e. The number of likely N-dealkylation sites (tertiary alicyclic amines) is 1. The number of para-hydroxylation sites is 1. The van der Waals surface area contributed by atoms with Crippen LogP contribution in [0.2, 0.25) is 0 Å².